The molecule has 2 aromatic heterocycles. The van der Waals surface area contributed by atoms with Gasteiger partial charge in [0.15, 0.2) is 5.65 Å². The van der Waals surface area contributed by atoms with Crippen LogP contribution < -0.4 is 4.74 Å². The highest BCUT2D eigenvalue weighted by Crippen LogP contribution is 2.36. The van der Waals surface area contributed by atoms with Crippen LogP contribution in [-0.4, -0.2) is 51.2 Å². The molecule has 2 aliphatic rings. The molecule has 0 spiro atoms. The Labute approximate surface area is 239 Å². The molecule has 5 rings (SSSR count). The maximum absolute atomic E-state index is 12.1. The zero-order valence-electron chi connectivity index (χ0n) is 22.8. The third-order valence-electron chi connectivity index (χ3n) is 8.05. The Morgan fingerprint density at radius 2 is 2.00 bits per heavy atom. The van der Waals surface area contributed by atoms with Gasteiger partial charge in [-0.15, -0.1) is 11.6 Å². The number of ether oxygens (including phenoxy) is 2. The van der Waals surface area contributed by atoms with Crippen LogP contribution in [0.5, 0.6) is 5.75 Å². The average Bonchev–Trinajstić information content (AvgIpc) is 3.34. The molecule has 7 nitrogen and oxygen atoms in total. The van der Waals surface area contributed by atoms with Gasteiger partial charge >= 0.3 is 5.97 Å². The number of rotatable bonds is 9. The van der Waals surface area contributed by atoms with Gasteiger partial charge in [-0.2, -0.15) is 5.10 Å². The fraction of sp³-hybridized carbons (Fsp3) is 0.500. The molecule has 1 aliphatic carbocycles. The van der Waals surface area contributed by atoms with Gasteiger partial charge in [0.25, 0.3) is 0 Å². The summed E-state index contributed by atoms with van der Waals surface area (Å²) in [6, 6.07) is 8.35. The summed E-state index contributed by atoms with van der Waals surface area (Å²) in [5.74, 6) is 1.03. The molecule has 0 saturated carbocycles. The molecule has 3 aromatic rings. The number of nitrogens with zero attached hydrogens (tertiary/aromatic N) is 3. The Morgan fingerprint density at radius 1 is 1.21 bits per heavy atom. The maximum Gasteiger partial charge on any atom is 0.309 e. The number of hydrogen-bond donors (Lipinski definition) is 1. The van der Waals surface area contributed by atoms with Crippen molar-refractivity contribution < 1.29 is 14.3 Å². The third kappa shape index (κ3) is 6.11. The Morgan fingerprint density at radius 3 is 2.74 bits per heavy atom. The number of aromatic nitrogens is 3. The first-order chi connectivity index (χ1) is 18.9. The number of pyridine rings is 1. The molecule has 3 atom stereocenters. The number of nitrogens with one attached hydrogen (secondary N) is 1. The fourth-order valence-electron chi connectivity index (χ4n) is 5.52. The second-order valence-corrected chi connectivity index (χ2v) is 11.4. The van der Waals surface area contributed by atoms with Crippen molar-refractivity contribution in [2.45, 2.75) is 64.5 Å². The zero-order chi connectivity index (χ0) is 27.5. The maximum atomic E-state index is 12.1. The first-order valence-electron chi connectivity index (χ1n) is 13.9. The molecular formula is C30H36Cl2N4O3. The van der Waals surface area contributed by atoms with Crippen LogP contribution in [0.2, 0.25) is 5.15 Å². The third-order valence-corrected chi connectivity index (χ3v) is 8.90. The summed E-state index contributed by atoms with van der Waals surface area (Å²) < 4.78 is 11.8. The van der Waals surface area contributed by atoms with Crippen LogP contribution in [0.4, 0.5) is 0 Å². The zero-order valence-corrected chi connectivity index (χ0v) is 24.3. The van der Waals surface area contributed by atoms with Crippen molar-refractivity contribution in [3.63, 3.8) is 0 Å². The number of piperidine rings is 1. The summed E-state index contributed by atoms with van der Waals surface area (Å²) in [5.41, 5.74) is 5.09. The lowest BCUT2D eigenvalue weighted by molar-refractivity contribution is -0.149. The van der Waals surface area contributed by atoms with Gasteiger partial charge in [0.2, 0.25) is 0 Å². The fourth-order valence-corrected chi connectivity index (χ4v) is 6.07. The predicted octanol–water partition coefficient (Wildman–Crippen LogP) is 6.95. The summed E-state index contributed by atoms with van der Waals surface area (Å²) in [6.45, 7) is 8.24. The van der Waals surface area contributed by atoms with Crippen LogP contribution in [0.15, 0.2) is 36.0 Å². The molecule has 0 amide bonds. The van der Waals surface area contributed by atoms with Crippen molar-refractivity contribution in [2.75, 3.05) is 19.7 Å². The van der Waals surface area contributed by atoms with Crippen molar-refractivity contribution in [1.82, 2.24) is 20.1 Å². The van der Waals surface area contributed by atoms with E-state index in [1.807, 2.05) is 25.3 Å². The van der Waals surface area contributed by atoms with Crippen LogP contribution in [0.3, 0.4) is 0 Å². The first-order valence-corrected chi connectivity index (χ1v) is 14.7. The molecule has 3 unspecified atom stereocenters. The van der Waals surface area contributed by atoms with E-state index in [-0.39, 0.29) is 29.4 Å². The molecule has 9 heteroatoms. The highest BCUT2D eigenvalue weighted by molar-refractivity contribution is 6.34. The van der Waals surface area contributed by atoms with E-state index >= 15 is 0 Å². The Kier molecular flexibility index (Phi) is 8.79. The van der Waals surface area contributed by atoms with Crippen molar-refractivity contribution >= 4 is 46.3 Å². The molecule has 0 bridgehead atoms. The number of esters is 1. The lowest BCUT2D eigenvalue weighted by atomic mass is 9.90. The molecular weight excluding hydrogens is 535 g/mol. The van der Waals surface area contributed by atoms with E-state index in [9.17, 15) is 4.79 Å². The quantitative estimate of drug-likeness (QED) is 0.170. The highest BCUT2D eigenvalue weighted by Gasteiger charge is 2.31. The number of carbonyl (C=O) groups excluding carboxylic acids is 1. The number of fused-ring (bicyclic) bond motifs is 2. The van der Waals surface area contributed by atoms with Gasteiger partial charge in [-0.25, -0.2) is 4.98 Å². The number of aryl methyl sites for hydroxylation is 1. The molecule has 1 N–H and O–H groups in total. The number of benzene rings is 1. The number of halogens is 2. The molecule has 1 saturated heterocycles. The van der Waals surface area contributed by atoms with Gasteiger partial charge in [0.05, 0.1) is 17.9 Å². The van der Waals surface area contributed by atoms with Gasteiger partial charge in [-0.3, -0.25) is 14.8 Å². The van der Waals surface area contributed by atoms with Crippen molar-refractivity contribution in [3.8, 4) is 5.75 Å². The largest absolute Gasteiger partial charge is 0.485 e. The minimum absolute atomic E-state index is 0.0156. The number of aromatic amines is 1. The monoisotopic (exact) mass is 570 g/mol. The van der Waals surface area contributed by atoms with Gasteiger partial charge in [-0.1, -0.05) is 37.6 Å². The first kappa shape index (κ1) is 27.9. The highest BCUT2D eigenvalue weighted by atomic mass is 35.5. The van der Waals surface area contributed by atoms with Crippen molar-refractivity contribution in [1.29, 1.82) is 0 Å². The van der Waals surface area contributed by atoms with Crippen LogP contribution in [-0.2, 0) is 16.0 Å². The van der Waals surface area contributed by atoms with E-state index in [0.717, 1.165) is 61.9 Å². The van der Waals surface area contributed by atoms with Crippen molar-refractivity contribution in [2.24, 2.45) is 11.8 Å². The van der Waals surface area contributed by atoms with Crippen LogP contribution >= 0.6 is 23.2 Å². The Balaban J connectivity index is 1.28. The number of carbonyl (C=O) groups is 1. The Bertz CT molecular complexity index is 1350. The Hall–Kier alpha value is -2.61. The minimum atomic E-state index is -0.163. The molecule has 3 heterocycles. The van der Waals surface area contributed by atoms with E-state index in [1.165, 1.54) is 16.7 Å². The van der Waals surface area contributed by atoms with Crippen LogP contribution in [0, 0.1) is 11.8 Å². The van der Waals surface area contributed by atoms with Gasteiger partial charge < -0.3 is 9.47 Å². The number of likely N-dealkylation sites (tertiary alicyclic amines) is 1. The van der Waals surface area contributed by atoms with E-state index in [4.69, 9.17) is 32.7 Å². The SMILES string of the molecule is CCOC(=O)C1CCN(C(Cl)C2=Cc3ccc(OC(c4cnc5n[nH]c(Cl)c5c4)C(C)CC)cc3CC2)CC1. The normalized spacial score (nSPS) is 18.7. The van der Waals surface area contributed by atoms with Crippen molar-refractivity contribution in [3.05, 3.63) is 57.9 Å². The number of alkyl halides is 1. The van der Waals surface area contributed by atoms with E-state index < -0.39 is 0 Å². The lowest BCUT2D eigenvalue weighted by Gasteiger charge is -2.36. The van der Waals surface area contributed by atoms with E-state index in [0.29, 0.717) is 17.4 Å². The second kappa shape index (κ2) is 12.3. The standard InChI is InChI=1S/C30H36Cl2N4O3/c1-4-18(3)26(23-16-25-27(31)34-35-29(25)33-17-23)39-24-9-8-20-14-22(7-6-21(20)15-24)28(32)36-12-10-19(11-13-36)30(37)38-5-2/h8-9,14-19,26,28H,4-7,10-13H2,1-3H3,(H,33,34,35). The van der Waals surface area contributed by atoms with E-state index in [1.54, 1.807) is 0 Å². The topological polar surface area (TPSA) is 80.3 Å². The molecule has 1 aromatic carbocycles. The summed E-state index contributed by atoms with van der Waals surface area (Å²) in [7, 11) is 0. The van der Waals surface area contributed by atoms with E-state index in [2.05, 4.69) is 52.1 Å². The molecule has 208 valence electrons. The average molecular weight is 572 g/mol. The summed E-state index contributed by atoms with van der Waals surface area (Å²) in [6.07, 6.45) is 8.26. The second-order valence-electron chi connectivity index (χ2n) is 10.6. The number of hydrogen-bond acceptors (Lipinski definition) is 6. The van der Waals surface area contributed by atoms with Gasteiger partial charge in [-0.05, 0) is 79.8 Å². The smallest absolute Gasteiger partial charge is 0.309 e. The van der Waals surface area contributed by atoms with Crippen LogP contribution in [0.25, 0.3) is 17.1 Å². The summed E-state index contributed by atoms with van der Waals surface area (Å²) in [4.78, 5) is 18.8. The summed E-state index contributed by atoms with van der Waals surface area (Å²) >= 11 is 13.2. The van der Waals surface area contributed by atoms with Gasteiger partial charge in [0.1, 0.15) is 22.5 Å². The lowest BCUT2D eigenvalue weighted by Crippen LogP contribution is -2.41. The number of H-pyrrole nitrogens is 1. The van der Waals surface area contributed by atoms with Gasteiger partial charge in [0, 0.05) is 24.8 Å². The predicted molar refractivity (Wildman–Crippen MR) is 155 cm³/mol. The van der Waals surface area contributed by atoms with Crippen LogP contribution in [0.1, 0.15) is 69.2 Å². The molecule has 39 heavy (non-hydrogen) atoms. The summed E-state index contributed by atoms with van der Waals surface area (Å²) in [5, 5.41) is 8.21. The molecule has 0 radical (unpaired) electrons. The minimum Gasteiger partial charge on any atom is -0.485 e. The molecule has 1 aliphatic heterocycles. The molecule has 1 fully saturated rings.